The molecular formula is C19H22N2O2S. The highest BCUT2D eigenvalue weighted by Gasteiger charge is 2.17. The molecule has 1 aliphatic heterocycles. The Morgan fingerprint density at radius 3 is 2.75 bits per heavy atom. The van der Waals surface area contributed by atoms with Crippen LogP contribution in [0.3, 0.4) is 0 Å². The van der Waals surface area contributed by atoms with Gasteiger partial charge >= 0.3 is 0 Å². The number of rotatable bonds is 6. The molecule has 0 aliphatic carbocycles. The molecule has 2 N–H and O–H groups in total. The molecule has 1 unspecified atom stereocenters. The molecule has 3 rings (SSSR count). The predicted octanol–water partition coefficient (Wildman–Crippen LogP) is 3.30. The standard InChI is InChI=1S/C19H22N2O2S/c22-19(12-16-14-24-11-10-20-16)21-18-9-5-4-6-15(18)13-23-17-7-2-1-3-8-17/h1-9,16,20H,10-14H2,(H,21,22). The zero-order valence-corrected chi connectivity index (χ0v) is 14.4. The van der Waals surface area contributed by atoms with Crippen molar-refractivity contribution in [2.24, 2.45) is 0 Å². The van der Waals surface area contributed by atoms with Gasteiger partial charge in [0, 0.05) is 41.8 Å². The molecule has 2 aromatic rings. The van der Waals surface area contributed by atoms with Crippen molar-refractivity contribution >= 4 is 23.4 Å². The predicted molar refractivity (Wildman–Crippen MR) is 99.6 cm³/mol. The normalized spacial score (nSPS) is 17.2. The highest BCUT2D eigenvalue weighted by Crippen LogP contribution is 2.19. The van der Waals surface area contributed by atoms with Gasteiger partial charge in [-0.15, -0.1) is 0 Å². The average Bonchev–Trinajstić information content (AvgIpc) is 2.63. The van der Waals surface area contributed by atoms with Crippen molar-refractivity contribution in [3.8, 4) is 5.75 Å². The monoisotopic (exact) mass is 342 g/mol. The molecule has 1 amide bonds. The van der Waals surface area contributed by atoms with E-state index in [4.69, 9.17) is 4.74 Å². The fourth-order valence-electron chi connectivity index (χ4n) is 2.62. The molecule has 0 radical (unpaired) electrons. The van der Waals surface area contributed by atoms with E-state index in [1.807, 2.05) is 66.4 Å². The first-order chi connectivity index (χ1) is 11.8. The largest absolute Gasteiger partial charge is 0.489 e. The Morgan fingerprint density at radius 1 is 1.17 bits per heavy atom. The second kappa shape index (κ2) is 8.76. The maximum Gasteiger partial charge on any atom is 0.225 e. The van der Waals surface area contributed by atoms with E-state index in [1.165, 1.54) is 0 Å². The van der Waals surface area contributed by atoms with Crippen LogP contribution in [0.4, 0.5) is 5.69 Å². The van der Waals surface area contributed by atoms with Gasteiger partial charge in [0.05, 0.1) is 0 Å². The SMILES string of the molecule is O=C(CC1CSCCN1)Nc1ccccc1COc1ccccc1. The summed E-state index contributed by atoms with van der Waals surface area (Å²) in [5.41, 5.74) is 1.79. The van der Waals surface area contributed by atoms with Gasteiger partial charge in [0.2, 0.25) is 5.91 Å². The van der Waals surface area contributed by atoms with E-state index in [2.05, 4.69) is 10.6 Å². The maximum absolute atomic E-state index is 12.3. The van der Waals surface area contributed by atoms with Crippen molar-refractivity contribution < 1.29 is 9.53 Å². The maximum atomic E-state index is 12.3. The summed E-state index contributed by atoms with van der Waals surface area (Å²) in [6, 6.07) is 17.7. The number of anilines is 1. The molecule has 126 valence electrons. The van der Waals surface area contributed by atoms with Crippen LogP contribution in [0.15, 0.2) is 54.6 Å². The number of carbonyl (C=O) groups excluding carboxylic acids is 1. The molecule has 2 aromatic carbocycles. The van der Waals surface area contributed by atoms with Crippen molar-refractivity contribution in [1.82, 2.24) is 5.32 Å². The van der Waals surface area contributed by atoms with Gasteiger partial charge in [0.25, 0.3) is 0 Å². The van der Waals surface area contributed by atoms with Crippen LogP contribution in [0.25, 0.3) is 0 Å². The van der Waals surface area contributed by atoms with Crippen LogP contribution in [-0.4, -0.2) is 30.0 Å². The lowest BCUT2D eigenvalue weighted by Crippen LogP contribution is -2.40. The Bertz CT molecular complexity index is 657. The third-order valence-corrected chi connectivity index (χ3v) is 4.99. The molecule has 1 saturated heterocycles. The van der Waals surface area contributed by atoms with E-state index in [0.717, 1.165) is 35.1 Å². The van der Waals surface area contributed by atoms with Gasteiger partial charge < -0.3 is 15.4 Å². The number of benzene rings is 2. The molecule has 24 heavy (non-hydrogen) atoms. The van der Waals surface area contributed by atoms with Crippen LogP contribution in [0.1, 0.15) is 12.0 Å². The zero-order valence-electron chi connectivity index (χ0n) is 13.5. The molecular weight excluding hydrogens is 320 g/mol. The van der Waals surface area contributed by atoms with Gasteiger partial charge in [-0.25, -0.2) is 0 Å². The van der Waals surface area contributed by atoms with Gasteiger partial charge in [0.15, 0.2) is 0 Å². The van der Waals surface area contributed by atoms with Crippen molar-refractivity contribution in [2.75, 3.05) is 23.4 Å². The number of hydrogen-bond donors (Lipinski definition) is 2. The van der Waals surface area contributed by atoms with E-state index in [1.54, 1.807) is 0 Å². The first kappa shape index (κ1) is 16.9. The van der Waals surface area contributed by atoms with Gasteiger partial charge in [-0.1, -0.05) is 36.4 Å². The fourth-order valence-corrected chi connectivity index (χ4v) is 3.57. The van der Waals surface area contributed by atoms with Crippen LogP contribution in [-0.2, 0) is 11.4 Å². The number of thioether (sulfide) groups is 1. The summed E-state index contributed by atoms with van der Waals surface area (Å²) in [4.78, 5) is 12.3. The second-order valence-electron chi connectivity index (χ2n) is 5.74. The van der Waals surface area contributed by atoms with Gasteiger partial charge in [-0.2, -0.15) is 11.8 Å². The first-order valence-electron chi connectivity index (χ1n) is 8.18. The number of nitrogens with one attached hydrogen (secondary N) is 2. The smallest absolute Gasteiger partial charge is 0.225 e. The van der Waals surface area contributed by atoms with Crippen LogP contribution in [0.2, 0.25) is 0 Å². The summed E-state index contributed by atoms with van der Waals surface area (Å²) in [6.45, 7) is 1.40. The van der Waals surface area contributed by atoms with Crippen molar-refractivity contribution in [2.45, 2.75) is 19.1 Å². The fraction of sp³-hybridized carbons (Fsp3) is 0.316. The van der Waals surface area contributed by atoms with E-state index < -0.39 is 0 Å². The Balaban J connectivity index is 1.57. The third-order valence-electron chi connectivity index (χ3n) is 3.86. The van der Waals surface area contributed by atoms with E-state index in [9.17, 15) is 4.79 Å². The Kier molecular flexibility index (Phi) is 6.15. The summed E-state index contributed by atoms with van der Waals surface area (Å²) >= 11 is 1.90. The van der Waals surface area contributed by atoms with Crippen LogP contribution in [0, 0.1) is 0 Å². The van der Waals surface area contributed by atoms with Gasteiger partial charge in [-0.05, 0) is 18.2 Å². The summed E-state index contributed by atoms with van der Waals surface area (Å²) in [7, 11) is 0. The summed E-state index contributed by atoms with van der Waals surface area (Å²) in [5.74, 6) is 2.98. The summed E-state index contributed by atoms with van der Waals surface area (Å²) in [6.07, 6.45) is 0.501. The topological polar surface area (TPSA) is 50.4 Å². The molecule has 0 bridgehead atoms. The Hall–Kier alpha value is -1.98. The molecule has 1 fully saturated rings. The van der Waals surface area contributed by atoms with E-state index in [-0.39, 0.29) is 11.9 Å². The van der Waals surface area contributed by atoms with Crippen molar-refractivity contribution in [3.63, 3.8) is 0 Å². The average molecular weight is 342 g/mol. The van der Waals surface area contributed by atoms with Crippen LogP contribution in [0.5, 0.6) is 5.75 Å². The highest BCUT2D eigenvalue weighted by molar-refractivity contribution is 7.99. The number of para-hydroxylation sites is 2. The minimum Gasteiger partial charge on any atom is -0.489 e. The molecule has 1 aliphatic rings. The number of amides is 1. The number of hydrogen-bond acceptors (Lipinski definition) is 4. The lowest BCUT2D eigenvalue weighted by atomic mass is 10.1. The minimum atomic E-state index is 0.0437. The van der Waals surface area contributed by atoms with Gasteiger partial charge in [0.1, 0.15) is 12.4 Å². The Morgan fingerprint density at radius 2 is 1.96 bits per heavy atom. The molecule has 0 saturated carbocycles. The first-order valence-corrected chi connectivity index (χ1v) is 9.33. The molecule has 1 heterocycles. The molecule has 0 aromatic heterocycles. The zero-order chi connectivity index (χ0) is 16.6. The third kappa shape index (κ3) is 5.01. The Labute approximate surface area is 147 Å². The van der Waals surface area contributed by atoms with Gasteiger partial charge in [-0.3, -0.25) is 4.79 Å². The summed E-state index contributed by atoms with van der Waals surface area (Å²) < 4.78 is 5.80. The number of ether oxygens (including phenoxy) is 1. The lowest BCUT2D eigenvalue weighted by Gasteiger charge is -2.22. The molecule has 1 atom stereocenters. The summed E-state index contributed by atoms with van der Waals surface area (Å²) in [5, 5.41) is 6.42. The number of carbonyl (C=O) groups is 1. The van der Waals surface area contributed by atoms with Crippen molar-refractivity contribution in [1.29, 1.82) is 0 Å². The second-order valence-corrected chi connectivity index (χ2v) is 6.89. The lowest BCUT2D eigenvalue weighted by molar-refractivity contribution is -0.116. The van der Waals surface area contributed by atoms with E-state index >= 15 is 0 Å². The molecule has 0 spiro atoms. The molecule has 4 nitrogen and oxygen atoms in total. The van der Waals surface area contributed by atoms with Crippen LogP contribution >= 0.6 is 11.8 Å². The van der Waals surface area contributed by atoms with Crippen LogP contribution < -0.4 is 15.4 Å². The van der Waals surface area contributed by atoms with E-state index in [0.29, 0.717) is 13.0 Å². The highest BCUT2D eigenvalue weighted by atomic mass is 32.2. The van der Waals surface area contributed by atoms with Crippen molar-refractivity contribution in [3.05, 3.63) is 60.2 Å². The molecule has 5 heteroatoms. The minimum absolute atomic E-state index is 0.0437. The quantitative estimate of drug-likeness (QED) is 0.846.